The maximum Gasteiger partial charge on any atom is 0.183 e. The summed E-state index contributed by atoms with van der Waals surface area (Å²) in [5.74, 6) is 0.842. The smallest absolute Gasteiger partial charge is 0.183 e. The van der Waals surface area contributed by atoms with Gasteiger partial charge in [0.25, 0.3) is 0 Å². The number of carbonyl (C=O) groups is 1. The summed E-state index contributed by atoms with van der Waals surface area (Å²) < 4.78 is 7.27. The highest BCUT2D eigenvalue weighted by Crippen LogP contribution is 2.19. The number of hydrogen-bond donors (Lipinski definition) is 0. The Labute approximate surface area is 117 Å². The summed E-state index contributed by atoms with van der Waals surface area (Å²) in [5, 5.41) is 0. The molecule has 0 bridgehead atoms. The fraction of sp³-hybridized carbons (Fsp3) is 0.118. The number of aromatic nitrogens is 1. The van der Waals surface area contributed by atoms with Crippen molar-refractivity contribution in [2.45, 2.75) is 6.54 Å². The number of fused-ring (bicyclic) bond motifs is 1. The lowest BCUT2D eigenvalue weighted by Gasteiger charge is -2.06. The van der Waals surface area contributed by atoms with Crippen LogP contribution >= 0.6 is 0 Å². The van der Waals surface area contributed by atoms with E-state index >= 15 is 0 Å². The monoisotopic (exact) mass is 265 g/mol. The largest absolute Gasteiger partial charge is 0.497 e. The van der Waals surface area contributed by atoms with Gasteiger partial charge in [0, 0.05) is 17.5 Å². The van der Waals surface area contributed by atoms with Gasteiger partial charge in [-0.2, -0.15) is 0 Å². The van der Waals surface area contributed by atoms with Gasteiger partial charge in [-0.3, -0.25) is 4.79 Å². The minimum atomic E-state index is 0.0523. The summed E-state index contributed by atoms with van der Waals surface area (Å²) in [6.45, 7) is 0.589. The summed E-state index contributed by atoms with van der Waals surface area (Å²) in [4.78, 5) is 12.1. The SMILES string of the molecule is COc1cccc(/C=C2\Cn3cccc3C=CC2=O)c1. The molecule has 2 heterocycles. The molecule has 2 aromatic rings. The number of benzene rings is 1. The van der Waals surface area contributed by atoms with E-state index in [0.717, 1.165) is 22.6 Å². The van der Waals surface area contributed by atoms with E-state index in [0.29, 0.717) is 6.54 Å². The van der Waals surface area contributed by atoms with Crippen LogP contribution in [0, 0.1) is 0 Å². The van der Waals surface area contributed by atoms with Gasteiger partial charge in [-0.1, -0.05) is 12.1 Å². The Morgan fingerprint density at radius 2 is 2.10 bits per heavy atom. The van der Waals surface area contributed by atoms with E-state index in [1.807, 2.05) is 54.7 Å². The van der Waals surface area contributed by atoms with Crippen LogP contribution in [0.25, 0.3) is 12.2 Å². The first-order chi connectivity index (χ1) is 9.76. The molecule has 3 nitrogen and oxygen atoms in total. The standard InChI is InChI=1S/C17H15NO2/c1-20-16-6-2-4-13(11-16)10-14-12-18-9-3-5-15(18)7-8-17(14)19/h2-11H,12H2,1H3/b14-10+. The third-order valence-electron chi connectivity index (χ3n) is 3.36. The predicted molar refractivity (Wildman–Crippen MR) is 79.4 cm³/mol. The van der Waals surface area contributed by atoms with Gasteiger partial charge in [-0.05, 0) is 48.1 Å². The third-order valence-corrected chi connectivity index (χ3v) is 3.36. The number of hydrogen-bond acceptors (Lipinski definition) is 2. The van der Waals surface area contributed by atoms with Crippen LogP contribution in [0.2, 0.25) is 0 Å². The minimum Gasteiger partial charge on any atom is -0.497 e. The van der Waals surface area contributed by atoms with Gasteiger partial charge >= 0.3 is 0 Å². The zero-order valence-corrected chi connectivity index (χ0v) is 11.2. The summed E-state index contributed by atoms with van der Waals surface area (Å²) >= 11 is 0. The Kier molecular flexibility index (Phi) is 3.25. The first-order valence-electron chi connectivity index (χ1n) is 6.48. The molecule has 0 saturated heterocycles. The first kappa shape index (κ1) is 12.5. The van der Waals surface area contributed by atoms with Gasteiger partial charge < -0.3 is 9.30 Å². The lowest BCUT2D eigenvalue weighted by atomic mass is 10.1. The van der Waals surface area contributed by atoms with Crippen LogP contribution in [0.5, 0.6) is 5.75 Å². The van der Waals surface area contributed by atoms with E-state index in [4.69, 9.17) is 4.74 Å². The van der Waals surface area contributed by atoms with Crippen molar-refractivity contribution in [2.75, 3.05) is 7.11 Å². The average Bonchev–Trinajstić information content (AvgIpc) is 2.86. The van der Waals surface area contributed by atoms with Gasteiger partial charge in [0.2, 0.25) is 0 Å². The van der Waals surface area contributed by atoms with Gasteiger partial charge in [-0.25, -0.2) is 0 Å². The zero-order chi connectivity index (χ0) is 13.9. The number of ketones is 1. The highest BCUT2D eigenvalue weighted by molar-refractivity contribution is 6.09. The number of nitrogens with zero attached hydrogens (tertiary/aromatic N) is 1. The van der Waals surface area contributed by atoms with Crippen molar-refractivity contribution in [1.82, 2.24) is 4.57 Å². The van der Waals surface area contributed by atoms with Gasteiger partial charge in [-0.15, -0.1) is 0 Å². The zero-order valence-electron chi connectivity index (χ0n) is 11.2. The van der Waals surface area contributed by atoms with Crippen LogP contribution in [0.4, 0.5) is 0 Å². The highest BCUT2D eigenvalue weighted by atomic mass is 16.5. The molecule has 20 heavy (non-hydrogen) atoms. The number of carbonyl (C=O) groups excluding carboxylic acids is 1. The molecule has 0 saturated carbocycles. The Balaban J connectivity index is 1.98. The Hall–Kier alpha value is -2.55. The summed E-state index contributed by atoms with van der Waals surface area (Å²) in [6.07, 6.45) is 7.39. The summed E-state index contributed by atoms with van der Waals surface area (Å²) in [5.41, 5.74) is 2.79. The molecule has 100 valence electrons. The molecule has 1 aliphatic heterocycles. The molecular weight excluding hydrogens is 250 g/mol. The molecule has 3 heteroatoms. The van der Waals surface area contributed by atoms with Crippen molar-refractivity contribution in [2.24, 2.45) is 0 Å². The molecule has 0 spiro atoms. The molecule has 1 aliphatic rings. The third kappa shape index (κ3) is 2.43. The van der Waals surface area contributed by atoms with Gasteiger partial charge in [0.05, 0.1) is 13.7 Å². The summed E-state index contributed by atoms with van der Waals surface area (Å²) in [6, 6.07) is 11.7. The molecule has 3 rings (SSSR count). The van der Waals surface area contributed by atoms with E-state index in [9.17, 15) is 4.79 Å². The molecule has 1 aromatic carbocycles. The summed E-state index contributed by atoms with van der Waals surface area (Å²) in [7, 11) is 1.64. The van der Waals surface area contributed by atoms with Crippen molar-refractivity contribution in [3.05, 3.63) is 65.5 Å². The van der Waals surface area contributed by atoms with Crippen molar-refractivity contribution in [3.63, 3.8) is 0 Å². The molecule has 0 radical (unpaired) electrons. The highest BCUT2D eigenvalue weighted by Gasteiger charge is 2.12. The van der Waals surface area contributed by atoms with Crippen LogP contribution in [0.1, 0.15) is 11.3 Å². The predicted octanol–water partition coefficient (Wildman–Crippen LogP) is 3.18. The second kappa shape index (κ2) is 5.21. The molecule has 0 amide bonds. The number of allylic oxidation sites excluding steroid dienone is 2. The molecule has 0 unspecified atom stereocenters. The molecule has 0 aliphatic carbocycles. The maximum atomic E-state index is 12.1. The fourth-order valence-electron chi connectivity index (χ4n) is 2.30. The van der Waals surface area contributed by atoms with Crippen LogP contribution < -0.4 is 4.74 Å². The lowest BCUT2D eigenvalue weighted by molar-refractivity contribution is -0.111. The van der Waals surface area contributed by atoms with E-state index in [2.05, 4.69) is 4.57 Å². The molecule has 1 aromatic heterocycles. The molecular formula is C17H15NO2. The van der Waals surface area contributed by atoms with Crippen molar-refractivity contribution in [3.8, 4) is 5.75 Å². The average molecular weight is 265 g/mol. The molecule has 0 N–H and O–H groups in total. The quantitative estimate of drug-likeness (QED) is 0.781. The molecule has 0 fully saturated rings. The lowest BCUT2D eigenvalue weighted by Crippen LogP contribution is -2.05. The van der Waals surface area contributed by atoms with Crippen molar-refractivity contribution >= 4 is 17.9 Å². The van der Waals surface area contributed by atoms with Crippen LogP contribution in [0.15, 0.2) is 54.2 Å². The van der Waals surface area contributed by atoms with Crippen molar-refractivity contribution in [1.29, 1.82) is 0 Å². The first-order valence-corrected chi connectivity index (χ1v) is 6.48. The second-order valence-electron chi connectivity index (χ2n) is 4.70. The fourth-order valence-corrected chi connectivity index (χ4v) is 2.30. The van der Waals surface area contributed by atoms with E-state index in [1.54, 1.807) is 13.2 Å². The van der Waals surface area contributed by atoms with E-state index in [-0.39, 0.29) is 5.78 Å². The van der Waals surface area contributed by atoms with Crippen LogP contribution in [-0.2, 0) is 11.3 Å². The number of methoxy groups -OCH3 is 1. The van der Waals surface area contributed by atoms with E-state index < -0.39 is 0 Å². The van der Waals surface area contributed by atoms with Gasteiger partial charge in [0.1, 0.15) is 5.75 Å². The maximum absolute atomic E-state index is 12.1. The molecule has 0 atom stereocenters. The Bertz CT molecular complexity index is 707. The number of ether oxygens (including phenoxy) is 1. The Morgan fingerprint density at radius 1 is 1.20 bits per heavy atom. The van der Waals surface area contributed by atoms with Crippen LogP contribution in [0.3, 0.4) is 0 Å². The Morgan fingerprint density at radius 3 is 2.95 bits per heavy atom. The van der Waals surface area contributed by atoms with Crippen LogP contribution in [-0.4, -0.2) is 17.5 Å². The second-order valence-corrected chi connectivity index (χ2v) is 4.70. The van der Waals surface area contributed by atoms with E-state index in [1.165, 1.54) is 0 Å². The minimum absolute atomic E-state index is 0.0523. The van der Waals surface area contributed by atoms with Gasteiger partial charge in [0.15, 0.2) is 5.78 Å². The number of rotatable bonds is 2. The normalized spacial score (nSPS) is 16.1. The topological polar surface area (TPSA) is 31.2 Å². The van der Waals surface area contributed by atoms with Crippen molar-refractivity contribution < 1.29 is 9.53 Å².